The van der Waals surface area contributed by atoms with Crippen molar-refractivity contribution in [1.82, 2.24) is 0 Å². The van der Waals surface area contributed by atoms with Gasteiger partial charge >= 0.3 is 0 Å². The molecule has 1 fully saturated rings. The summed E-state index contributed by atoms with van der Waals surface area (Å²) in [6.07, 6.45) is 1.55. The van der Waals surface area contributed by atoms with E-state index < -0.39 is 5.60 Å². The minimum atomic E-state index is -0.701. The molecule has 3 heteroatoms. The van der Waals surface area contributed by atoms with Crippen LogP contribution in [-0.4, -0.2) is 19.2 Å². The van der Waals surface area contributed by atoms with Crippen LogP contribution >= 0.6 is 0 Å². The van der Waals surface area contributed by atoms with Crippen LogP contribution in [0, 0.1) is 5.82 Å². The van der Waals surface area contributed by atoms with Crippen LogP contribution in [0.15, 0.2) is 18.2 Å². The van der Waals surface area contributed by atoms with Gasteiger partial charge < -0.3 is 10.0 Å². The Balaban J connectivity index is 2.48. The van der Waals surface area contributed by atoms with E-state index in [2.05, 4.69) is 0 Å². The first kappa shape index (κ1) is 9.46. The molecule has 0 amide bonds. The van der Waals surface area contributed by atoms with Gasteiger partial charge in [-0.3, -0.25) is 0 Å². The van der Waals surface area contributed by atoms with E-state index in [9.17, 15) is 9.50 Å². The zero-order valence-electron chi connectivity index (χ0n) is 8.42. The SMILES string of the molecule is CN(C)c1cc(F)ccc1C1(O)CC1. The van der Waals surface area contributed by atoms with Gasteiger partial charge in [-0.05, 0) is 25.0 Å². The molecule has 1 N–H and O–H groups in total. The summed E-state index contributed by atoms with van der Waals surface area (Å²) in [6.45, 7) is 0. The Morgan fingerprint density at radius 2 is 2.00 bits per heavy atom. The molecule has 0 spiro atoms. The predicted octanol–water partition coefficient (Wildman–Crippen LogP) is 1.87. The second-order valence-electron chi connectivity index (χ2n) is 4.09. The van der Waals surface area contributed by atoms with Gasteiger partial charge in [0.15, 0.2) is 0 Å². The molecule has 0 atom stereocenters. The second kappa shape index (κ2) is 2.95. The molecule has 0 aliphatic heterocycles. The lowest BCUT2D eigenvalue weighted by atomic mass is 10.0. The zero-order valence-corrected chi connectivity index (χ0v) is 8.42. The minimum Gasteiger partial charge on any atom is -0.385 e. The van der Waals surface area contributed by atoms with Gasteiger partial charge in [0, 0.05) is 25.3 Å². The van der Waals surface area contributed by atoms with E-state index in [1.165, 1.54) is 12.1 Å². The first-order valence-electron chi connectivity index (χ1n) is 4.73. The van der Waals surface area contributed by atoms with Crippen molar-refractivity contribution in [2.24, 2.45) is 0 Å². The number of nitrogens with zero attached hydrogens (tertiary/aromatic N) is 1. The Morgan fingerprint density at radius 1 is 1.36 bits per heavy atom. The van der Waals surface area contributed by atoms with Crippen molar-refractivity contribution in [1.29, 1.82) is 0 Å². The van der Waals surface area contributed by atoms with Crippen LogP contribution in [0.2, 0.25) is 0 Å². The predicted molar refractivity (Wildman–Crippen MR) is 53.9 cm³/mol. The van der Waals surface area contributed by atoms with Gasteiger partial charge in [-0.1, -0.05) is 6.07 Å². The lowest BCUT2D eigenvalue weighted by molar-refractivity contribution is 0.152. The lowest BCUT2D eigenvalue weighted by Gasteiger charge is -2.20. The zero-order chi connectivity index (χ0) is 10.3. The largest absolute Gasteiger partial charge is 0.385 e. The molecule has 1 aliphatic carbocycles. The van der Waals surface area contributed by atoms with Crippen LogP contribution in [0.5, 0.6) is 0 Å². The minimum absolute atomic E-state index is 0.262. The van der Waals surface area contributed by atoms with E-state index in [0.717, 1.165) is 24.1 Å². The maximum absolute atomic E-state index is 13.0. The fourth-order valence-electron chi connectivity index (χ4n) is 1.66. The van der Waals surface area contributed by atoms with Crippen molar-refractivity contribution < 1.29 is 9.50 Å². The molecule has 0 unspecified atom stereocenters. The standard InChI is InChI=1S/C11H14FNO/c1-13(2)10-7-8(12)3-4-9(10)11(14)5-6-11/h3-4,7,14H,5-6H2,1-2H3. The third kappa shape index (κ3) is 1.48. The quantitative estimate of drug-likeness (QED) is 0.778. The van der Waals surface area contributed by atoms with Gasteiger partial charge in [-0.2, -0.15) is 0 Å². The van der Waals surface area contributed by atoms with Crippen molar-refractivity contribution in [2.75, 3.05) is 19.0 Å². The van der Waals surface area contributed by atoms with E-state index in [-0.39, 0.29) is 5.82 Å². The third-order valence-electron chi connectivity index (χ3n) is 2.67. The molecular weight excluding hydrogens is 181 g/mol. The van der Waals surface area contributed by atoms with E-state index in [1.54, 1.807) is 6.07 Å². The summed E-state index contributed by atoms with van der Waals surface area (Å²) in [5, 5.41) is 9.97. The van der Waals surface area contributed by atoms with Crippen LogP contribution in [0.4, 0.5) is 10.1 Å². The highest BCUT2D eigenvalue weighted by molar-refractivity contribution is 5.56. The number of rotatable bonds is 2. The first-order valence-corrected chi connectivity index (χ1v) is 4.73. The molecule has 0 heterocycles. The monoisotopic (exact) mass is 195 g/mol. The van der Waals surface area contributed by atoms with Crippen LogP contribution in [0.3, 0.4) is 0 Å². The van der Waals surface area contributed by atoms with E-state index >= 15 is 0 Å². The van der Waals surface area contributed by atoms with Crippen LogP contribution in [0.25, 0.3) is 0 Å². The van der Waals surface area contributed by atoms with Gasteiger partial charge in [-0.25, -0.2) is 4.39 Å². The van der Waals surface area contributed by atoms with Crippen LogP contribution in [-0.2, 0) is 5.60 Å². The van der Waals surface area contributed by atoms with Gasteiger partial charge in [0.1, 0.15) is 5.82 Å². The summed E-state index contributed by atoms with van der Waals surface area (Å²) in [4.78, 5) is 1.83. The molecule has 1 aromatic rings. The summed E-state index contributed by atoms with van der Waals surface area (Å²) in [7, 11) is 3.70. The van der Waals surface area contributed by atoms with E-state index in [4.69, 9.17) is 0 Å². The van der Waals surface area contributed by atoms with Crippen molar-refractivity contribution in [3.05, 3.63) is 29.6 Å². The lowest BCUT2D eigenvalue weighted by Crippen LogP contribution is -2.16. The Morgan fingerprint density at radius 3 is 2.50 bits per heavy atom. The maximum atomic E-state index is 13.0. The molecule has 14 heavy (non-hydrogen) atoms. The Hall–Kier alpha value is -1.09. The van der Waals surface area contributed by atoms with Crippen molar-refractivity contribution in [3.8, 4) is 0 Å². The van der Waals surface area contributed by atoms with Gasteiger partial charge in [0.25, 0.3) is 0 Å². The van der Waals surface area contributed by atoms with Crippen LogP contribution < -0.4 is 4.90 Å². The highest BCUT2D eigenvalue weighted by Gasteiger charge is 2.43. The van der Waals surface area contributed by atoms with Crippen molar-refractivity contribution in [3.63, 3.8) is 0 Å². The molecule has 2 rings (SSSR count). The van der Waals surface area contributed by atoms with Crippen LogP contribution in [0.1, 0.15) is 18.4 Å². The molecule has 1 saturated carbocycles. The number of halogens is 1. The summed E-state index contributed by atoms with van der Waals surface area (Å²) in [5.74, 6) is -0.262. The summed E-state index contributed by atoms with van der Waals surface area (Å²) >= 11 is 0. The summed E-state index contributed by atoms with van der Waals surface area (Å²) in [6, 6.07) is 4.54. The Bertz CT molecular complexity index is 358. The average molecular weight is 195 g/mol. The normalized spacial score (nSPS) is 18.0. The number of benzene rings is 1. The number of hydrogen-bond acceptors (Lipinski definition) is 2. The van der Waals surface area contributed by atoms with E-state index in [1.807, 2.05) is 19.0 Å². The smallest absolute Gasteiger partial charge is 0.125 e. The molecule has 0 saturated heterocycles. The fraction of sp³-hybridized carbons (Fsp3) is 0.455. The molecule has 1 aromatic carbocycles. The summed E-state index contributed by atoms with van der Waals surface area (Å²) in [5.41, 5.74) is 0.904. The number of anilines is 1. The fourth-order valence-corrected chi connectivity index (χ4v) is 1.66. The third-order valence-corrected chi connectivity index (χ3v) is 2.67. The highest BCUT2D eigenvalue weighted by atomic mass is 19.1. The topological polar surface area (TPSA) is 23.5 Å². The Labute approximate surface area is 83.0 Å². The van der Waals surface area contributed by atoms with Crippen molar-refractivity contribution >= 4 is 5.69 Å². The molecule has 0 radical (unpaired) electrons. The Kier molecular flexibility index (Phi) is 2.00. The first-order chi connectivity index (χ1) is 6.53. The van der Waals surface area contributed by atoms with Gasteiger partial charge in [0.2, 0.25) is 0 Å². The molecule has 76 valence electrons. The molecule has 0 aromatic heterocycles. The molecule has 1 aliphatic rings. The average Bonchev–Trinajstić information content (AvgIpc) is 2.84. The molecule has 2 nitrogen and oxygen atoms in total. The molecule has 0 bridgehead atoms. The van der Waals surface area contributed by atoms with Gasteiger partial charge in [0.05, 0.1) is 5.60 Å². The second-order valence-corrected chi connectivity index (χ2v) is 4.09. The summed E-state index contributed by atoms with van der Waals surface area (Å²) < 4.78 is 13.0. The van der Waals surface area contributed by atoms with E-state index in [0.29, 0.717) is 0 Å². The number of aliphatic hydroxyl groups is 1. The van der Waals surface area contributed by atoms with Crippen molar-refractivity contribution in [2.45, 2.75) is 18.4 Å². The maximum Gasteiger partial charge on any atom is 0.125 e. The molecular formula is C11H14FNO. The van der Waals surface area contributed by atoms with Gasteiger partial charge in [-0.15, -0.1) is 0 Å². The number of hydrogen-bond donors (Lipinski definition) is 1. The highest BCUT2D eigenvalue weighted by Crippen LogP contribution is 2.48.